The van der Waals surface area contributed by atoms with Gasteiger partial charge in [-0.15, -0.1) is 0 Å². The molecule has 0 aromatic heterocycles. The maximum absolute atomic E-state index is 2.39. The third kappa shape index (κ3) is 3.16. The Morgan fingerprint density at radius 2 is 1.92 bits per heavy atom. The summed E-state index contributed by atoms with van der Waals surface area (Å²) in [6.07, 6.45) is 8.76. The van der Waals surface area contributed by atoms with Crippen molar-refractivity contribution in [1.82, 2.24) is 0 Å². The van der Waals surface area contributed by atoms with Gasteiger partial charge in [0.2, 0.25) is 0 Å². The van der Waals surface area contributed by atoms with Gasteiger partial charge in [-0.25, -0.2) is 0 Å². The summed E-state index contributed by atoms with van der Waals surface area (Å²) in [7, 11) is 0. The van der Waals surface area contributed by atoms with Crippen LogP contribution in [0.5, 0.6) is 0 Å². The molecular formula is C12H24. The van der Waals surface area contributed by atoms with E-state index in [1.807, 2.05) is 0 Å². The first-order valence-corrected chi connectivity index (χ1v) is 5.77. The van der Waals surface area contributed by atoms with Gasteiger partial charge < -0.3 is 0 Å². The molecule has 0 aromatic carbocycles. The summed E-state index contributed by atoms with van der Waals surface area (Å²) in [6, 6.07) is 0. The summed E-state index contributed by atoms with van der Waals surface area (Å²) in [5, 5.41) is 0. The van der Waals surface area contributed by atoms with Gasteiger partial charge in [-0.3, -0.25) is 0 Å². The van der Waals surface area contributed by atoms with Crippen molar-refractivity contribution in [3.05, 3.63) is 0 Å². The van der Waals surface area contributed by atoms with E-state index in [9.17, 15) is 0 Å². The van der Waals surface area contributed by atoms with E-state index in [-0.39, 0.29) is 0 Å². The van der Waals surface area contributed by atoms with Crippen LogP contribution < -0.4 is 0 Å². The lowest BCUT2D eigenvalue weighted by atomic mass is 9.94. The molecule has 0 aromatic rings. The van der Waals surface area contributed by atoms with E-state index in [2.05, 4.69) is 20.8 Å². The normalized spacial score (nSPS) is 30.2. The molecule has 0 heterocycles. The van der Waals surface area contributed by atoms with Crippen LogP contribution in [-0.2, 0) is 0 Å². The molecule has 12 heavy (non-hydrogen) atoms. The highest BCUT2D eigenvalue weighted by atomic mass is 14.4. The van der Waals surface area contributed by atoms with E-state index in [1.165, 1.54) is 38.5 Å². The van der Waals surface area contributed by atoms with Gasteiger partial charge in [-0.1, -0.05) is 46.5 Å². The van der Waals surface area contributed by atoms with E-state index < -0.39 is 0 Å². The molecule has 0 spiro atoms. The topological polar surface area (TPSA) is 0 Å². The van der Waals surface area contributed by atoms with Crippen molar-refractivity contribution in [3.8, 4) is 0 Å². The molecule has 3 atom stereocenters. The van der Waals surface area contributed by atoms with Crippen molar-refractivity contribution in [2.45, 2.75) is 59.3 Å². The Morgan fingerprint density at radius 1 is 1.25 bits per heavy atom. The van der Waals surface area contributed by atoms with Crippen LogP contribution in [0.15, 0.2) is 0 Å². The van der Waals surface area contributed by atoms with Crippen LogP contribution in [0.3, 0.4) is 0 Å². The quantitative estimate of drug-likeness (QED) is 0.556. The van der Waals surface area contributed by atoms with Gasteiger partial charge in [0.25, 0.3) is 0 Å². The first-order chi connectivity index (χ1) is 5.77. The molecule has 1 aliphatic carbocycles. The molecule has 1 rings (SSSR count). The fourth-order valence-electron chi connectivity index (χ4n) is 2.21. The lowest BCUT2D eigenvalue weighted by Gasteiger charge is -2.12. The maximum atomic E-state index is 2.39. The minimum atomic E-state index is 1.03. The van der Waals surface area contributed by atoms with Crippen LogP contribution in [0.25, 0.3) is 0 Å². The first-order valence-electron chi connectivity index (χ1n) is 5.77. The summed E-state index contributed by atoms with van der Waals surface area (Å²) in [5.41, 5.74) is 0. The molecule has 3 unspecified atom stereocenters. The van der Waals surface area contributed by atoms with Crippen LogP contribution in [0, 0.1) is 17.8 Å². The zero-order chi connectivity index (χ0) is 8.97. The van der Waals surface area contributed by atoms with E-state index in [0.29, 0.717) is 0 Å². The van der Waals surface area contributed by atoms with Crippen LogP contribution >= 0.6 is 0 Å². The van der Waals surface area contributed by atoms with Crippen LogP contribution in [0.2, 0.25) is 0 Å². The van der Waals surface area contributed by atoms with Crippen LogP contribution in [0.1, 0.15) is 59.3 Å². The molecule has 0 heteroatoms. The van der Waals surface area contributed by atoms with Gasteiger partial charge in [0, 0.05) is 0 Å². The van der Waals surface area contributed by atoms with Gasteiger partial charge in [-0.2, -0.15) is 0 Å². The highest BCUT2D eigenvalue weighted by molar-refractivity contribution is 4.82. The molecule has 0 radical (unpaired) electrons. The molecule has 0 saturated heterocycles. The predicted molar refractivity (Wildman–Crippen MR) is 55.2 cm³/mol. The average molecular weight is 168 g/mol. The van der Waals surface area contributed by atoms with Gasteiger partial charge in [-0.05, 0) is 30.6 Å². The van der Waals surface area contributed by atoms with E-state index >= 15 is 0 Å². The van der Waals surface area contributed by atoms with Crippen molar-refractivity contribution in [2.24, 2.45) is 17.8 Å². The van der Waals surface area contributed by atoms with Crippen molar-refractivity contribution in [3.63, 3.8) is 0 Å². The first kappa shape index (κ1) is 10.1. The summed E-state index contributed by atoms with van der Waals surface area (Å²) < 4.78 is 0. The highest BCUT2D eigenvalue weighted by Gasteiger charge is 2.31. The molecular weight excluding hydrogens is 144 g/mol. The molecule has 0 amide bonds. The summed E-state index contributed by atoms with van der Waals surface area (Å²) in [4.78, 5) is 0. The minimum Gasteiger partial charge on any atom is -0.0654 e. The second kappa shape index (κ2) is 4.89. The lowest BCUT2D eigenvalue weighted by molar-refractivity contribution is 0.404. The fourth-order valence-corrected chi connectivity index (χ4v) is 2.21. The smallest absolute Gasteiger partial charge is 0.0386 e. The summed E-state index contributed by atoms with van der Waals surface area (Å²) in [6.45, 7) is 7.05. The Balaban J connectivity index is 2.02. The number of rotatable bonds is 6. The third-order valence-electron chi connectivity index (χ3n) is 3.50. The molecule has 72 valence electrons. The summed E-state index contributed by atoms with van der Waals surface area (Å²) in [5.74, 6) is 3.20. The van der Waals surface area contributed by atoms with Crippen molar-refractivity contribution in [2.75, 3.05) is 0 Å². The van der Waals surface area contributed by atoms with Gasteiger partial charge in [0.15, 0.2) is 0 Å². The maximum Gasteiger partial charge on any atom is -0.0386 e. The number of hydrogen-bond donors (Lipinski definition) is 0. The van der Waals surface area contributed by atoms with E-state index in [0.717, 1.165) is 17.8 Å². The van der Waals surface area contributed by atoms with Crippen LogP contribution in [0.4, 0.5) is 0 Å². The Morgan fingerprint density at radius 3 is 2.33 bits per heavy atom. The zero-order valence-electron chi connectivity index (χ0n) is 8.97. The Hall–Kier alpha value is 0. The minimum absolute atomic E-state index is 1.03. The average Bonchev–Trinajstić information content (AvgIpc) is 2.76. The van der Waals surface area contributed by atoms with Gasteiger partial charge in [0.05, 0.1) is 0 Å². The largest absolute Gasteiger partial charge is 0.0654 e. The fraction of sp³-hybridized carbons (Fsp3) is 1.00. The Bertz CT molecular complexity index is 117. The SMILES string of the molecule is CCCC(CC)CCC1CC1C. The van der Waals surface area contributed by atoms with Crippen molar-refractivity contribution < 1.29 is 0 Å². The standard InChI is InChI=1S/C12H24/c1-4-6-11(5-2)7-8-12-9-10(12)3/h10-12H,4-9H2,1-3H3. The third-order valence-corrected chi connectivity index (χ3v) is 3.50. The van der Waals surface area contributed by atoms with Gasteiger partial charge in [0.1, 0.15) is 0 Å². The molecule has 0 aliphatic heterocycles. The predicted octanol–water partition coefficient (Wildman–Crippen LogP) is 4.25. The van der Waals surface area contributed by atoms with E-state index in [1.54, 1.807) is 0 Å². The second-order valence-corrected chi connectivity index (χ2v) is 4.61. The van der Waals surface area contributed by atoms with Crippen molar-refractivity contribution >= 4 is 0 Å². The monoisotopic (exact) mass is 168 g/mol. The summed E-state index contributed by atoms with van der Waals surface area (Å²) >= 11 is 0. The Labute approximate surface area is 77.7 Å². The van der Waals surface area contributed by atoms with Crippen molar-refractivity contribution in [1.29, 1.82) is 0 Å². The van der Waals surface area contributed by atoms with Crippen LogP contribution in [-0.4, -0.2) is 0 Å². The number of hydrogen-bond acceptors (Lipinski definition) is 0. The molecule has 1 saturated carbocycles. The molecule has 0 bridgehead atoms. The van der Waals surface area contributed by atoms with Gasteiger partial charge >= 0.3 is 0 Å². The molecule has 1 fully saturated rings. The zero-order valence-corrected chi connectivity index (χ0v) is 8.97. The molecule has 1 aliphatic rings. The molecule has 0 N–H and O–H groups in total. The molecule has 0 nitrogen and oxygen atoms in total. The highest BCUT2D eigenvalue weighted by Crippen LogP contribution is 2.42. The lowest BCUT2D eigenvalue weighted by Crippen LogP contribution is -1.98. The van der Waals surface area contributed by atoms with E-state index in [4.69, 9.17) is 0 Å². The Kier molecular flexibility index (Phi) is 4.11. The second-order valence-electron chi connectivity index (χ2n) is 4.61.